The van der Waals surface area contributed by atoms with Gasteiger partial charge < -0.3 is 15.3 Å². The van der Waals surface area contributed by atoms with E-state index >= 15 is 0 Å². The Balaban J connectivity index is 2.07. The Morgan fingerprint density at radius 3 is 2.67 bits per heavy atom. The van der Waals surface area contributed by atoms with Gasteiger partial charge in [-0.15, -0.1) is 0 Å². The molecule has 106 valence electrons. The lowest BCUT2D eigenvalue weighted by Gasteiger charge is -2.22. The fourth-order valence-electron chi connectivity index (χ4n) is 2.70. The van der Waals surface area contributed by atoms with Crippen molar-refractivity contribution in [1.29, 1.82) is 0 Å². The largest absolute Gasteiger partial charge is 0.395 e. The number of rotatable bonds is 7. The lowest BCUT2D eigenvalue weighted by atomic mass is 9.86. The first-order valence-electron chi connectivity index (χ1n) is 7.41. The summed E-state index contributed by atoms with van der Waals surface area (Å²) in [5, 5.41) is 11.8. The molecular weight excluding hydrogens is 228 g/mol. The number of hydrogen-bond acceptors (Lipinski definition) is 2. The van der Waals surface area contributed by atoms with Crippen LogP contribution < -0.4 is 5.32 Å². The molecule has 0 heterocycles. The Bertz CT molecular complexity index is 228. The number of hydrogen-bond donors (Lipinski definition) is 2. The van der Waals surface area contributed by atoms with Gasteiger partial charge in [0.05, 0.1) is 6.61 Å². The van der Waals surface area contributed by atoms with Crippen molar-refractivity contribution in [2.45, 2.75) is 51.9 Å². The van der Waals surface area contributed by atoms with Crippen LogP contribution >= 0.6 is 0 Å². The van der Waals surface area contributed by atoms with Crippen molar-refractivity contribution in [3.63, 3.8) is 0 Å². The van der Waals surface area contributed by atoms with Gasteiger partial charge in [-0.3, -0.25) is 0 Å². The molecule has 1 rings (SSSR count). The van der Waals surface area contributed by atoms with Crippen LogP contribution in [-0.2, 0) is 0 Å². The van der Waals surface area contributed by atoms with Gasteiger partial charge in [-0.25, -0.2) is 4.79 Å². The average Bonchev–Trinajstić information content (AvgIpc) is 2.42. The minimum Gasteiger partial charge on any atom is -0.395 e. The van der Waals surface area contributed by atoms with Gasteiger partial charge in [0.1, 0.15) is 0 Å². The van der Waals surface area contributed by atoms with Crippen molar-refractivity contribution in [2.24, 2.45) is 5.92 Å². The van der Waals surface area contributed by atoms with Crippen LogP contribution in [0.3, 0.4) is 0 Å². The Kier molecular flexibility index (Phi) is 7.81. The average molecular weight is 256 g/mol. The smallest absolute Gasteiger partial charge is 0.317 e. The Morgan fingerprint density at radius 2 is 2.06 bits per heavy atom. The second-order valence-corrected chi connectivity index (χ2v) is 5.18. The molecule has 0 aromatic rings. The Labute approximate surface area is 111 Å². The first-order chi connectivity index (χ1) is 8.77. The highest BCUT2D eigenvalue weighted by Gasteiger charge is 2.13. The van der Waals surface area contributed by atoms with E-state index in [2.05, 4.69) is 5.32 Å². The molecule has 0 aromatic carbocycles. The summed E-state index contributed by atoms with van der Waals surface area (Å²) < 4.78 is 0. The van der Waals surface area contributed by atoms with Gasteiger partial charge in [0.2, 0.25) is 0 Å². The van der Waals surface area contributed by atoms with E-state index in [4.69, 9.17) is 5.11 Å². The van der Waals surface area contributed by atoms with E-state index in [0.29, 0.717) is 13.1 Å². The summed E-state index contributed by atoms with van der Waals surface area (Å²) in [4.78, 5) is 13.4. The standard InChI is InChI=1S/C14H28N2O2/c1-2-16(11-12-17)14(18)15-10-6-9-13-7-4-3-5-8-13/h13,17H,2-12H2,1H3,(H,15,18). The third-order valence-corrected chi connectivity index (χ3v) is 3.83. The third kappa shape index (κ3) is 5.71. The molecule has 0 saturated heterocycles. The Hall–Kier alpha value is -0.770. The summed E-state index contributed by atoms with van der Waals surface area (Å²) >= 11 is 0. The topological polar surface area (TPSA) is 52.6 Å². The van der Waals surface area contributed by atoms with Gasteiger partial charge in [-0.05, 0) is 25.7 Å². The molecule has 0 bridgehead atoms. The summed E-state index contributed by atoms with van der Waals surface area (Å²) in [6.07, 6.45) is 9.24. The van der Waals surface area contributed by atoms with Crippen LogP contribution in [-0.4, -0.2) is 42.3 Å². The second-order valence-electron chi connectivity index (χ2n) is 5.18. The maximum Gasteiger partial charge on any atom is 0.317 e. The molecule has 0 aromatic heterocycles. The highest BCUT2D eigenvalue weighted by Crippen LogP contribution is 2.26. The minimum atomic E-state index is -0.0461. The number of nitrogens with one attached hydrogen (secondary N) is 1. The highest BCUT2D eigenvalue weighted by atomic mass is 16.3. The van der Waals surface area contributed by atoms with Crippen molar-refractivity contribution in [3.05, 3.63) is 0 Å². The zero-order valence-corrected chi connectivity index (χ0v) is 11.7. The van der Waals surface area contributed by atoms with Crippen molar-refractivity contribution in [1.82, 2.24) is 10.2 Å². The molecule has 0 radical (unpaired) electrons. The van der Waals surface area contributed by atoms with Crippen LogP contribution in [0.2, 0.25) is 0 Å². The van der Waals surface area contributed by atoms with E-state index < -0.39 is 0 Å². The summed E-state index contributed by atoms with van der Waals surface area (Å²) in [6, 6.07) is -0.0461. The van der Waals surface area contributed by atoms with Crippen molar-refractivity contribution in [2.75, 3.05) is 26.2 Å². The maximum absolute atomic E-state index is 11.7. The first-order valence-corrected chi connectivity index (χ1v) is 7.41. The summed E-state index contributed by atoms with van der Waals surface area (Å²) in [6.45, 7) is 3.79. The summed E-state index contributed by atoms with van der Waals surface area (Å²) in [5.74, 6) is 0.885. The van der Waals surface area contributed by atoms with Crippen molar-refractivity contribution in [3.8, 4) is 0 Å². The van der Waals surface area contributed by atoms with Crippen molar-refractivity contribution < 1.29 is 9.90 Å². The number of amides is 2. The number of carbonyl (C=O) groups is 1. The molecular formula is C14H28N2O2. The van der Waals surface area contributed by atoms with E-state index in [-0.39, 0.29) is 12.6 Å². The quantitative estimate of drug-likeness (QED) is 0.687. The number of carbonyl (C=O) groups excluding carboxylic acids is 1. The maximum atomic E-state index is 11.7. The van der Waals surface area contributed by atoms with Gasteiger partial charge in [0.25, 0.3) is 0 Å². The van der Waals surface area contributed by atoms with Crippen LogP contribution in [0.4, 0.5) is 4.79 Å². The Morgan fingerprint density at radius 1 is 1.33 bits per heavy atom. The fourth-order valence-corrected chi connectivity index (χ4v) is 2.70. The number of aliphatic hydroxyl groups excluding tert-OH is 1. The molecule has 1 saturated carbocycles. The number of nitrogens with zero attached hydrogens (tertiary/aromatic N) is 1. The summed E-state index contributed by atoms with van der Waals surface area (Å²) in [5.41, 5.74) is 0. The van der Waals surface area contributed by atoms with Crippen LogP contribution in [0.25, 0.3) is 0 Å². The molecule has 18 heavy (non-hydrogen) atoms. The van der Waals surface area contributed by atoms with E-state index in [0.717, 1.165) is 18.9 Å². The van der Waals surface area contributed by atoms with Crippen LogP contribution in [0.1, 0.15) is 51.9 Å². The molecule has 4 nitrogen and oxygen atoms in total. The number of likely N-dealkylation sites (N-methyl/N-ethyl adjacent to an activating group) is 1. The molecule has 0 unspecified atom stereocenters. The zero-order chi connectivity index (χ0) is 13.2. The molecule has 0 aliphatic heterocycles. The predicted molar refractivity (Wildman–Crippen MR) is 73.5 cm³/mol. The van der Waals surface area contributed by atoms with Gasteiger partial charge in [0, 0.05) is 19.6 Å². The molecule has 4 heteroatoms. The molecule has 0 spiro atoms. The van der Waals surface area contributed by atoms with Gasteiger partial charge >= 0.3 is 6.03 Å². The number of aliphatic hydroxyl groups is 1. The lowest BCUT2D eigenvalue weighted by Crippen LogP contribution is -2.41. The molecule has 0 atom stereocenters. The molecule has 2 N–H and O–H groups in total. The molecule has 1 aliphatic rings. The lowest BCUT2D eigenvalue weighted by molar-refractivity contribution is 0.180. The third-order valence-electron chi connectivity index (χ3n) is 3.83. The molecule has 2 amide bonds. The van der Waals surface area contributed by atoms with E-state index in [1.165, 1.54) is 38.5 Å². The number of urea groups is 1. The second kappa shape index (κ2) is 9.20. The normalized spacial score (nSPS) is 16.6. The predicted octanol–water partition coefficient (Wildman–Crippen LogP) is 2.37. The zero-order valence-electron chi connectivity index (χ0n) is 11.7. The van der Waals surface area contributed by atoms with Gasteiger partial charge in [-0.2, -0.15) is 0 Å². The molecule has 1 aliphatic carbocycles. The van der Waals surface area contributed by atoms with E-state index in [1.807, 2.05) is 6.92 Å². The van der Waals surface area contributed by atoms with E-state index in [9.17, 15) is 4.79 Å². The fraction of sp³-hybridized carbons (Fsp3) is 0.929. The van der Waals surface area contributed by atoms with Gasteiger partial charge in [-0.1, -0.05) is 32.1 Å². The summed E-state index contributed by atoms with van der Waals surface area (Å²) in [7, 11) is 0. The minimum absolute atomic E-state index is 0.0311. The van der Waals surface area contributed by atoms with Gasteiger partial charge in [0.15, 0.2) is 0 Å². The monoisotopic (exact) mass is 256 g/mol. The van der Waals surface area contributed by atoms with E-state index in [1.54, 1.807) is 4.90 Å². The van der Waals surface area contributed by atoms with Crippen molar-refractivity contribution >= 4 is 6.03 Å². The molecule has 1 fully saturated rings. The van der Waals surface area contributed by atoms with Crippen LogP contribution in [0.5, 0.6) is 0 Å². The van der Waals surface area contributed by atoms with Crippen LogP contribution in [0, 0.1) is 5.92 Å². The first kappa shape index (κ1) is 15.3. The van der Waals surface area contributed by atoms with Crippen LogP contribution in [0.15, 0.2) is 0 Å². The highest BCUT2D eigenvalue weighted by molar-refractivity contribution is 5.74. The SMILES string of the molecule is CCN(CCO)C(=O)NCCCC1CCCCC1.